The highest BCUT2D eigenvalue weighted by Gasteiger charge is 2.42. The van der Waals surface area contributed by atoms with Gasteiger partial charge < -0.3 is 24.3 Å². The topological polar surface area (TPSA) is 94.7 Å². The number of nitrogens with zero attached hydrogens (tertiary/aromatic N) is 4. The molecule has 1 aromatic carbocycles. The Kier molecular flexibility index (Phi) is 6.63. The lowest BCUT2D eigenvalue weighted by atomic mass is 9.96. The smallest absolute Gasteiger partial charge is 0.273 e. The Labute approximate surface area is 215 Å². The molecule has 5 rings (SSSR count). The number of rotatable bonds is 7. The fraction of sp³-hybridized carbons (Fsp3) is 0.385. The number of thiocarbonyl (C=S) groups is 1. The molecule has 1 N–H and O–H groups in total. The van der Waals surface area contributed by atoms with Gasteiger partial charge in [0.25, 0.3) is 5.69 Å². The summed E-state index contributed by atoms with van der Waals surface area (Å²) in [5, 5.41) is 15.5. The highest BCUT2D eigenvalue weighted by molar-refractivity contribution is 7.80. The number of pyridine rings is 1. The van der Waals surface area contributed by atoms with Crippen LogP contribution < -0.4 is 10.1 Å². The molecule has 4 heterocycles. The summed E-state index contributed by atoms with van der Waals surface area (Å²) in [4.78, 5) is 17.8. The van der Waals surface area contributed by atoms with E-state index in [1.54, 1.807) is 12.3 Å². The van der Waals surface area contributed by atoms with Crippen LogP contribution in [-0.4, -0.2) is 50.9 Å². The summed E-state index contributed by atoms with van der Waals surface area (Å²) in [5.74, 6) is 0.440. The summed E-state index contributed by atoms with van der Waals surface area (Å²) in [6.07, 6.45) is 4.00. The Morgan fingerprint density at radius 1 is 1.28 bits per heavy atom. The number of benzene rings is 1. The van der Waals surface area contributed by atoms with Crippen molar-refractivity contribution in [1.29, 1.82) is 0 Å². The molecule has 0 radical (unpaired) electrons. The van der Waals surface area contributed by atoms with E-state index in [0.717, 1.165) is 47.8 Å². The van der Waals surface area contributed by atoms with Crippen LogP contribution in [0, 0.1) is 24.0 Å². The van der Waals surface area contributed by atoms with E-state index in [0.29, 0.717) is 17.4 Å². The van der Waals surface area contributed by atoms with Gasteiger partial charge in [-0.05, 0) is 68.7 Å². The Morgan fingerprint density at radius 3 is 2.78 bits per heavy atom. The van der Waals surface area contributed by atoms with Crippen molar-refractivity contribution < 1.29 is 14.4 Å². The van der Waals surface area contributed by atoms with Crippen LogP contribution in [0.15, 0.2) is 48.7 Å². The SMILES string of the molecule is COc1cc([N+](=O)[O-])ccc1-n1c(C)cc([C@@H]2[C@@H](c3ccccn3)NC(=S)N2C[C@H]2CCCO2)c1C. The largest absolute Gasteiger partial charge is 0.494 e. The van der Waals surface area contributed by atoms with Gasteiger partial charge in [0.15, 0.2) is 5.11 Å². The molecule has 9 nitrogen and oxygen atoms in total. The van der Waals surface area contributed by atoms with Gasteiger partial charge in [0.05, 0.1) is 47.7 Å². The van der Waals surface area contributed by atoms with E-state index in [1.807, 2.05) is 25.1 Å². The van der Waals surface area contributed by atoms with E-state index in [-0.39, 0.29) is 23.9 Å². The van der Waals surface area contributed by atoms with Gasteiger partial charge in [-0.15, -0.1) is 0 Å². The van der Waals surface area contributed by atoms with Crippen LogP contribution in [0.1, 0.15) is 47.6 Å². The average Bonchev–Trinajstić information content (AvgIpc) is 3.58. The lowest BCUT2D eigenvalue weighted by Gasteiger charge is -2.30. The van der Waals surface area contributed by atoms with Crippen molar-refractivity contribution in [3.63, 3.8) is 0 Å². The number of aryl methyl sites for hydroxylation is 1. The Morgan fingerprint density at radius 2 is 2.11 bits per heavy atom. The maximum atomic E-state index is 11.3. The number of methoxy groups -OCH3 is 1. The first kappa shape index (κ1) is 24.2. The van der Waals surface area contributed by atoms with Gasteiger partial charge in [-0.1, -0.05) is 6.07 Å². The standard InChI is InChI=1S/C26H29N5O4S/c1-16-13-20(17(2)30(16)22-10-9-18(31(32)33)14-23(22)34-3)25-24(21-8-4-5-11-27-21)28-26(36)29(25)15-19-7-6-12-35-19/h4-5,8-11,13-14,19,24-25H,6-7,12,15H2,1-3H3,(H,28,36)/t19-,24-,25-/m1/s1. The van der Waals surface area contributed by atoms with Crippen LogP contribution in [0.25, 0.3) is 5.69 Å². The fourth-order valence-electron chi connectivity index (χ4n) is 5.37. The lowest BCUT2D eigenvalue weighted by Crippen LogP contribution is -2.36. The van der Waals surface area contributed by atoms with Gasteiger partial charge in [0.2, 0.25) is 0 Å². The van der Waals surface area contributed by atoms with Gasteiger partial charge in [-0.3, -0.25) is 15.1 Å². The second-order valence-electron chi connectivity index (χ2n) is 9.19. The molecule has 0 amide bonds. The van der Waals surface area contributed by atoms with Crippen LogP contribution in [0.3, 0.4) is 0 Å². The molecule has 3 atom stereocenters. The molecule has 0 spiro atoms. The minimum Gasteiger partial charge on any atom is -0.494 e. The summed E-state index contributed by atoms with van der Waals surface area (Å²) >= 11 is 5.82. The average molecular weight is 508 g/mol. The number of hydrogen-bond donors (Lipinski definition) is 1. The summed E-state index contributed by atoms with van der Waals surface area (Å²) in [6, 6.07) is 12.5. The van der Waals surface area contributed by atoms with Crippen molar-refractivity contribution in [3.8, 4) is 11.4 Å². The molecule has 10 heteroatoms. The van der Waals surface area contributed by atoms with E-state index in [1.165, 1.54) is 19.2 Å². The molecule has 0 bridgehead atoms. The van der Waals surface area contributed by atoms with Crippen LogP contribution in [0.4, 0.5) is 5.69 Å². The van der Waals surface area contributed by atoms with Gasteiger partial charge in [0, 0.05) is 36.8 Å². The Hall–Kier alpha value is -3.50. The molecular formula is C26H29N5O4S. The number of nitro benzene ring substituents is 1. The van der Waals surface area contributed by atoms with Crippen LogP contribution in [0.2, 0.25) is 0 Å². The number of nitro groups is 1. The second-order valence-corrected chi connectivity index (χ2v) is 9.58. The molecule has 0 aliphatic carbocycles. The Balaban J connectivity index is 1.61. The molecule has 2 saturated heterocycles. The first-order chi connectivity index (χ1) is 17.4. The van der Waals surface area contributed by atoms with Gasteiger partial charge >= 0.3 is 0 Å². The summed E-state index contributed by atoms with van der Waals surface area (Å²) in [7, 11) is 1.53. The van der Waals surface area contributed by atoms with Crippen molar-refractivity contribution in [3.05, 3.63) is 81.4 Å². The molecule has 3 aromatic rings. The number of aromatic nitrogens is 2. The molecule has 36 heavy (non-hydrogen) atoms. The quantitative estimate of drug-likeness (QED) is 0.283. The third-order valence-electron chi connectivity index (χ3n) is 7.03. The number of non-ortho nitro benzene ring substituents is 1. The number of nitrogens with one attached hydrogen (secondary N) is 1. The molecule has 2 fully saturated rings. The van der Waals surface area contributed by atoms with E-state index in [4.69, 9.17) is 21.7 Å². The van der Waals surface area contributed by atoms with E-state index < -0.39 is 4.92 Å². The van der Waals surface area contributed by atoms with Crippen molar-refractivity contribution >= 4 is 23.0 Å². The maximum absolute atomic E-state index is 11.3. The third kappa shape index (κ3) is 4.31. The predicted molar refractivity (Wildman–Crippen MR) is 140 cm³/mol. The lowest BCUT2D eigenvalue weighted by molar-refractivity contribution is -0.384. The third-order valence-corrected chi connectivity index (χ3v) is 7.38. The highest BCUT2D eigenvalue weighted by Crippen LogP contribution is 2.42. The van der Waals surface area contributed by atoms with Crippen LogP contribution in [-0.2, 0) is 4.74 Å². The van der Waals surface area contributed by atoms with Crippen LogP contribution >= 0.6 is 12.2 Å². The summed E-state index contributed by atoms with van der Waals surface area (Å²) in [6.45, 7) is 5.56. The predicted octanol–water partition coefficient (Wildman–Crippen LogP) is 4.56. The van der Waals surface area contributed by atoms with E-state index >= 15 is 0 Å². The van der Waals surface area contributed by atoms with Gasteiger partial charge in [-0.2, -0.15) is 0 Å². The first-order valence-corrected chi connectivity index (χ1v) is 12.4. The Bertz CT molecular complexity index is 1290. The molecule has 2 aromatic heterocycles. The van der Waals surface area contributed by atoms with Gasteiger partial charge in [-0.25, -0.2) is 0 Å². The molecule has 2 aliphatic rings. The second kappa shape index (κ2) is 9.87. The maximum Gasteiger partial charge on any atom is 0.273 e. The molecule has 188 valence electrons. The van der Waals surface area contributed by atoms with Crippen molar-refractivity contribution in [1.82, 2.24) is 19.8 Å². The minimum absolute atomic E-state index is 0.0124. The highest BCUT2D eigenvalue weighted by atomic mass is 32.1. The van der Waals surface area contributed by atoms with Crippen LogP contribution in [0.5, 0.6) is 5.75 Å². The van der Waals surface area contributed by atoms with Crippen molar-refractivity contribution in [2.24, 2.45) is 0 Å². The number of hydrogen-bond acceptors (Lipinski definition) is 6. The summed E-state index contributed by atoms with van der Waals surface area (Å²) < 4.78 is 13.6. The van der Waals surface area contributed by atoms with E-state index in [9.17, 15) is 10.1 Å². The number of ether oxygens (including phenoxy) is 2. The molecule has 2 aliphatic heterocycles. The molecule has 0 unspecified atom stereocenters. The zero-order valence-electron chi connectivity index (χ0n) is 20.5. The van der Waals surface area contributed by atoms with Crippen molar-refractivity contribution in [2.45, 2.75) is 44.9 Å². The summed E-state index contributed by atoms with van der Waals surface area (Å²) in [5.41, 5.74) is 4.75. The first-order valence-electron chi connectivity index (χ1n) is 12.0. The fourth-order valence-corrected chi connectivity index (χ4v) is 5.69. The van der Waals surface area contributed by atoms with Crippen molar-refractivity contribution in [2.75, 3.05) is 20.3 Å². The zero-order chi connectivity index (χ0) is 25.4. The molecule has 0 saturated carbocycles. The van der Waals surface area contributed by atoms with Gasteiger partial charge in [0.1, 0.15) is 5.75 Å². The normalized spacial score (nSPS) is 21.6. The molecular weight excluding hydrogens is 478 g/mol. The van der Waals surface area contributed by atoms with E-state index in [2.05, 4.69) is 32.8 Å². The zero-order valence-corrected chi connectivity index (χ0v) is 21.3. The minimum atomic E-state index is -0.418. The monoisotopic (exact) mass is 507 g/mol.